The summed E-state index contributed by atoms with van der Waals surface area (Å²) in [4.78, 5) is 36.9. The molecule has 17 nitrogen and oxygen atoms in total. The van der Waals surface area contributed by atoms with Crippen molar-refractivity contribution in [2.75, 3.05) is 48.0 Å². The highest BCUT2D eigenvalue weighted by Gasteiger charge is 2.51. The van der Waals surface area contributed by atoms with Crippen LogP contribution in [0.25, 0.3) is 11.0 Å². The topological polar surface area (TPSA) is 226 Å². The summed E-state index contributed by atoms with van der Waals surface area (Å²) in [7, 11) is -7.94. The number of rotatable bonds is 11. The van der Waals surface area contributed by atoms with Gasteiger partial charge in [0, 0.05) is 61.8 Å². The molecule has 10 rings (SSSR count). The van der Waals surface area contributed by atoms with Crippen molar-refractivity contribution in [3.8, 4) is 17.2 Å². The predicted molar refractivity (Wildman–Crippen MR) is 261 cm³/mol. The first-order valence-corrected chi connectivity index (χ1v) is 27.3. The summed E-state index contributed by atoms with van der Waals surface area (Å²) in [6.45, 7) is 8.04. The zero-order chi connectivity index (χ0) is 49.3. The first-order chi connectivity index (χ1) is 33.3. The van der Waals surface area contributed by atoms with E-state index in [0.29, 0.717) is 51.0 Å². The molecule has 2 saturated heterocycles. The molecule has 5 aromatic rings. The van der Waals surface area contributed by atoms with Crippen molar-refractivity contribution >= 4 is 53.9 Å². The highest BCUT2D eigenvalue weighted by atomic mass is 32.2. The summed E-state index contributed by atoms with van der Waals surface area (Å²) < 4.78 is 82.9. The molecular formula is C50H58FN7O10S2. The van der Waals surface area contributed by atoms with Crippen LogP contribution in [0.1, 0.15) is 106 Å². The fourth-order valence-corrected chi connectivity index (χ4v) is 14.0. The lowest BCUT2D eigenvalue weighted by Gasteiger charge is -2.57. The van der Waals surface area contributed by atoms with Crippen LogP contribution in [0.4, 0.5) is 21.5 Å². The fourth-order valence-electron chi connectivity index (χ4n) is 11.5. The summed E-state index contributed by atoms with van der Waals surface area (Å²) in [5.41, 5.74) is 1.89. The molecule has 3 aromatic carbocycles. The molecule has 0 unspecified atom stereocenters. The van der Waals surface area contributed by atoms with Crippen LogP contribution in [0, 0.1) is 27.3 Å². The van der Waals surface area contributed by atoms with Crippen LogP contribution in [0.3, 0.4) is 0 Å². The molecule has 0 bridgehead atoms. The van der Waals surface area contributed by atoms with Gasteiger partial charge in [-0.2, -0.15) is 0 Å². The van der Waals surface area contributed by atoms with Crippen LogP contribution in [0.2, 0.25) is 0 Å². The molecule has 0 radical (unpaired) electrons. The Morgan fingerprint density at radius 3 is 2.53 bits per heavy atom. The number of nitrogens with zero attached hydrogens (tertiary/aromatic N) is 4. The summed E-state index contributed by atoms with van der Waals surface area (Å²) in [6, 6.07) is 16.2. The van der Waals surface area contributed by atoms with Gasteiger partial charge >= 0.3 is 0 Å². The number of ether oxygens (including phenoxy) is 2. The summed E-state index contributed by atoms with van der Waals surface area (Å²) in [5, 5.41) is 26.2. The number of aromatic amines is 1. The Morgan fingerprint density at radius 1 is 1.06 bits per heavy atom. The van der Waals surface area contributed by atoms with Gasteiger partial charge in [0.15, 0.2) is 21.3 Å². The zero-order valence-corrected chi connectivity index (χ0v) is 41.0. The van der Waals surface area contributed by atoms with E-state index in [1.807, 2.05) is 12.1 Å². The number of amides is 1. The van der Waals surface area contributed by atoms with Crippen LogP contribution >= 0.6 is 0 Å². The average molecular weight is 1000 g/mol. The number of aliphatic hydroxyl groups is 1. The molecule has 1 spiro atoms. The van der Waals surface area contributed by atoms with Gasteiger partial charge in [-0.15, -0.1) is 0 Å². The van der Waals surface area contributed by atoms with Gasteiger partial charge in [0.05, 0.1) is 50.1 Å². The van der Waals surface area contributed by atoms with E-state index in [9.17, 15) is 41.2 Å². The molecule has 2 saturated carbocycles. The maximum Gasteiger partial charge on any atom is 0.297 e. The second-order valence-corrected chi connectivity index (χ2v) is 24.5. The van der Waals surface area contributed by atoms with Crippen molar-refractivity contribution in [1.82, 2.24) is 19.6 Å². The number of anilines is 2. The number of piperidine rings is 1. The van der Waals surface area contributed by atoms with Gasteiger partial charge in [-0.1, -0.05) is 38.1 Å². The van der Waals surface area contributed by atoms with Crippen molar-refractivity contribution in [2.45, 2.75) is 107 Å². The molecule has 3 aliphatic heterocycles. The summed E-state index contributed by atoms with van der Waals surface area (Å²) in [5.74, 6) is -1.04. The van der Waals surface area contributed by atoms with Gasteiger partial charge in [-0.05, 0) is 105 Å². The third-order valence-electron chi connectivity index (χ3n) is 15.6. The second kappa shape index (κ2) is 18.1. The lowest BCUT2D eigenvalue weighted by molar-refractivity contribution is -0.384. The SMILES string of the molecule is CC(C)c1ccccc1[C@H]1CS(=O)(=O)CCN1C1CC2(CCN(c3ccc(C(=O)NS(=O)(=O)c4cc5c(c([N+](=O)[O-])c4)N[C@@H](C4CCC(C)(O)CC4)CO5)c(Oc4cnc5[nH]cc(F)c5c4)c3)CC2)C1. The summed E-state index contributed by atoms with van der Waals surface area (Å²) in [6.07, 6.45) is 8.69. The van der Waals surface area contributed by atoms with Gasteiger partial charge in [0.1, 0.15) is 29.6 Å². The Bertz CT molecular complexity index is 3080. The Morgan fingerprint density at radius 2 is 1.80 bits per heavy atom. The van der Waals surface area contributed by atoms with Crippen LogP contribution in [-0.4, -0.2) is 103 Å². The predicted octanol–water partition coefficient (Wildman–Crippen LogP) is 7.98. The number of sulfonamides is 1. The van der Waals surface area contributed by atoms with Crippen LogP contribution < -0.4 is 24.4 Å². The van der Waals surface area contributed by atoms with E-state index in [-0.39, 0.29) is 93.0 Å². The van der Waals surface area contributed by atoms with E-state index in [2.05, 4.69) is 55.8 Å². The van der Waals surface area contributed by atoms with Crippen molar-refractivity contribution in [1.29, 1.82) is 0 Å². The van der Waals surface area contributed by atoms with Gasteiger partial charge < -0.3 is 29.8 Å². The maximum atomic E-state index is 14.7. The highest BCUT2D eigenvalue weighted by molar-refractivity contribution is 7.91. The maximum absolute atomic E-state index is 14.7. The molecule has 5 aliphatic rings. The smallest absolute Gasteiger partial charge is 0.297 e. The number of carbonyl (C=O) groups excluding carboxylic acids is 1. The van der Waals surface area contributed by atoms with Crippen molar-refractivity contribution in [2.24, 2.45) is 11.3 Å². The lowest BCUT2D eigenvalue weighted by Crippen LogP contribution is -2.58. The van der Waals surface area contributed by atoms with E-state index < -0.39 is 52.7 Å². The molecule has 20 heteroatoms. The minimum absolute atomic E-state index is 0.0294. The number of sulfone groups is 1. The number of halogens is 1. The van der Waals surface area contributed by atoms with Crippen LogP contribution in [-0.2, 0) is 19.9 Å². The van der Waals surface area contributed by atoms with E-state index in [1.54, 1.807) is 19.1 Å². The quantitative estimate of drug-likeness (QED) is 0.0727. The van der Waals surface area contributed by atoms with E-state index >= 15 is 0 Å². The number of benzene rings is 3. The molecule has 4 N–H and O–H groups in total. The Hall–Kier alpha value is -5.83. The minimum atomic E-state index is -4.75. The number of pyridine rings is 1. The molecular weight excluding hydrogens is 942 g/mol. The lowest BCUT2D eigenvalue weighted by atomic mass is 9.59. The Labute approximate surface area is 406 Å². The zero-order valence-electron chi connectivity index (χ0n) is 39.3. The van der Waals surface area contributed by atoms with Crippen LogP contribution in [0.15, 0.2) is 78.0 Å². The Balaban J connectivity index is 0.868. The molecule has 70 heavy (non-hydrogen) atoms. The number of carbonyl (C=O) groups is 1. The second-order valence-electron chi connectivity index (χ2n) is 20.6. The van der Waals surface area contributed by atoms with Gasteiger partial charge in [0.25, 0.3) is 21.6 Å². The first-order valence-electron chi connectivity index (χ1n) is 24.0. The van der Waals surface area contributed by atoms with Crippen molar-refractivity contribution in [3.05, 3.63) is 106 Å². The van der Waals surface area contributed by atoms with E-state index in [0.717, 1.165) is 49.6 Å². The number of hydrogen-bond acceptors (Lipinski definition) is 14. The van der Waals surface area contributed by atoms with E-state index in [1.165, 1.54) is 23.9 Å². The molecule has 5 heterocycles. The molecule has 372 valence electrons. The van der Waals surface area contributed by atoms with Gasteiger partial charge in [0.2, 0.25) is 0 Å². The number of H-pyrrole nitrogens is 1. The Kier molecular flexibility index (Phi) is 12.4. The molecule has 1 amide bonds. The van der Waals surface area contributed by atoms with Gasteiger partial charge in [-0.3, -0.25) is 19.8 Å². The monoisotopic (exact) mass is 999 g/mol. The average Bonchev–Trinajstić information content (AvgIpc) is 3.69. The third kappa shape index (κ3) is 9.42. The minimum Gasteiger partial charge on any atom is -0.489 e. The highest BCUT2D eigenvalue weighted by Crippen LogP contribution is 2.54. The normalized spacial score (nSPS) is 24.6. The van der Waals surface area contributed by atoms with E-state index in [4.69, 9.17) is 9.47 Å². The summed E-state index contributed by atoms with van der Waals surface area (Å²) >= 11 is 0. The van der Waals surface area contributed by atoms with Crippen molar-refractivity contribution < 1.29 is 45.5 Å². The first kappa shape index (κ1) is 47.8. The fraction of sp³-hybridized carbons (Fsp3) is 0.480. The number of fused-ring (bicyclic) bond motifs is 2. The molecule has 2 aromatic heterocycles. The molecule has 4 fully saturated rings. The largest absolute Gasteiger partial charge is 0.489 e. The number of nitrogens with one attached hydrogen (secondary N) is 3. The number of nitro benzene ring substituents is 1. The molecule has 2 aliphatic carbocycles. The van der Waals surface area contributed by atoms with Crippen LogP contribution in [0.5, 0.6) is 17.2 Å². The van der Waals surface area contributed by atoms with Gasteiger partial charge in [-0.25, -0.2) is 30.9 Å². The number of nitro groups is 1. The standard InChI is InChI=1S/C50H58FN7O10S2/c1-30(2)36-6-4-5-7-37(36)43-29-69(63,64)19-18-57(43)33-24-50(25-33)14-16-56(17-15-50)32-8-9-38(44(20-32)68-34-21-39-40(51)27-53-47(39)52-26-34)48(59)55-70(65,66)35-22-42(58(61)62)46-45(23-35)67-28-41(54-46)31-10-12-49(3,60)13-11-31/h4-9,20-23,26-27,30-31,33,41,43,54,60H,10-19,24-25,28-29H2,1-3H3,(H,52,53)(H,55,59)/t31?,41-,43-,49?/m1/s1. The van der Waals surface area contributed by atoms with Crippen molar-refractivity contribution in [3.63, 3.8) is 0 Å². The third-order valence-corrected chi connectivity index (χ3v) is 18.5. The number of hydrogen-bond donors (Lipinski definition) is 4. The molecule has 2 atom stereocenters. The number of aromatic nitrogens is 2.